The zero-order valence-corrected chi connectivity index (χ0v) is 7.54. The fraction of sp³-hybridized carbons (Fsp3) is 0.200. The number of aromatic nitrogens is 2. The zero-order valence-electron chi connectivity index (χ0n) is 7.54. The topological polar surface area (TPSA) is 25.8 Å². The van der Waals surface area contributed by atoms with Gasteiger partial charge >= 0.3 is 0 Å². The van der Waals surface area contributed by atoms with Crippen LogP contribution in [0.15, 0.2) is 24.4 Å². The van der Waals surface area contributed by atoms with E-state index in [4.69, 9.17) is 0 Å². The van der Waals surface area contributed by atoms with Crippen LogP contribution in [0.5, 0.6) is 0 Å². The first-order valence-corrected chi connectivity index (χ1v) is 4.19. The summed E-state index contributed by atoms with van der Waals surface area (Å²) in [7, 11) is 0. The lowest BCUT2D eigenvalue weighted by Crippen LogP contribution is -1.94. The van der Waals surface area contributed by atoms with Crippen LogP contribution >= 0.6 is 0 Å². The SMILES string of the molecule is Cc1cc(C(F)F)nc2cccnc12. The van der Waals surface area contributed by atoms with Crippen LogP contribution in [0.1, 0.15) is 17.7 Å². The number of hydrogen-bond acceptors (Lipinski definition) is 2. The lowest BCUT2D eigenvalue weighted by Gasteiger charge is -2.03. The van der Waals surface area contributed by atoms with Crippen molar-refractivity contribution in [2.45, 2.75) is 13.3 Å². The van der Waals surface area contributed by atoms with E-state index in [2.05, 4.69) is 9.97 Å². The summed E-state index contributed by atoms with van der Waals surface area (Å²) < 4.78 is 24.8. The maximum Gasteiger partial charge on any atom is 0.280 e. The maximum absolute atomic E-state index is 12.4. The van der Waals surface area contributed by atoms with Gasteiger partial charge in [0.05, 0.1) is 11.0 Å². The summed E-state index contributed by atoms with van der Waals surface area (Å²) in [5, 5.41) is 0. The van der Waals surface area contributed by atoms with Crippen LogP contribution in [0.2, 0.25) is 0 Å². The van der Waals surface area contributed by atoms with Gasteiger partial charge in [-0.05, 0) is 30.7 Å². The molecule has 0 bridgehead atoms. The number of halogens is 2. The Morgan fingerprint density at radius 3 is 2.86 bits per heavy atom. The number of fused-ring (bicyclic) bond motifs is 1. The highest BCUT2D eigenvalue weighted by atomic mass is 19.3. The minimum atomic E-state index is -2.53. The number of nitrogens with zero attached hydrogens (tertiary/aromatic N) is 2. The molecule has 2 rings (SSSR count). The Kier molecular flexibility index (Phi) is 2.11. The second kappa shape index (κ2) is 3.29. The van der Waals surface area contributed by atoms with Crippen molar-refractivity contribution in [3.63, 3.8) is 0 Å². The molecular weight excluding hydrogens is 186 g/mol. The fourth-order valence-electron chi connectivity index (χ4n) is 1.36. The Bertz CT molecular complexity index is 469. The molecule has 0 fully saturated rings. The Morgan fingerprint density at radius 1 is 1.36 bits per heavy atom. The molecule has 2 aromatic heterocycles. The van der Waals surface area contributed by atoms with Gasteiger partial charge < -0.3 is 0 Å². The fourth-order valence-corrected chi connectivity index (χ4v) is 1.36. The van der Waals surface area contributed by atoms with E-state index in [1.165, 1.54) is 6.07 Å². The number of alkyl halides is 2. The number of pyridine rings is 2. The van der Waals surface area contributed by atoms with Gasteiger partial charge in [0.15, 0.2) is 0 Å². The highest BCUT2D eigenvalue weighted by Gasteiger charge is 2.11. The Balaban J connectivity index is 2.72. The first-order valence-electron chi connectivity index (χ1n) is 4.19. The zero-order chi connectivity index (χ0) is 10.1. The Labute approximate surface area is 79.6 Å². The van der Waals surface area contributed by atoms with Crippen molar-refractivity contribution in [1.82, 2.24) is 9.97 Å². The molecule has 0 saturated carbocycles. The van der Waals surface area contributed by atoms with Gasteiger partial charge in [-0.25, -0.2) is 13.8 Å². The molecule has 0 atom stereocenters. The molecule has 0 aromatic carbocycles. The Hall–Kier alpha value is -1.58. The Morgan fingerprint density at radius 2 is 2.14 bits per heavy atom. The molecule has 0 amide bonds. The summed E-state index contributed by atoms with van der Waals surface area (Å²) in [5.41, 5.74) is 1.73. The molecule has 2 heterocycles. The third-order valence-corrected chi connectivity index (χ3v) is 2.00. The molecule has 4 heteroatoms. The van der Waals surface area contributed by atoms with Gasteiger partial charge in [0.1, 0.15) is 5.69 Å². The van der Waals surface area contributed by atoms with Crippen LogP contribution in [0, 0.1) is 6.92 Å². The molecule has 0 spiro atoms. The quantitative estimate of drug-likeness (QED) is 0.697. The molecule has 0 radical (unpaired) electrons. The molecule has 2 nitrogen and oxygen atoms in total. The minimum absolute atomic E-state index is 0.192. The summed E-state index contributed by atoms with van der Waals surface area (Å²) in [6, 6.07) is 4.74. The van der Waals surface area contributed by atoms with Crippen molar-refractivity contribution in [1.29, 1.82) is 0 Å². The minimum Gasteiger partial charge on any atom is -0.254 e. The largest absolute Gasteiger partial charge is 0.280 e. The average molecular weight is 194 g/mol. The van der Waals surface area contributed by atoms with E-state index < -0.39 is 6.43 Å². The monoisotopic (exact) mass is 194 g/mol. The highest BCUT2D eigenvalue weighted by molar-refractivity contribution is 5.77. The van der Waals surface area contributed by atoms with Crippen molar-refractivity contribution in [2.75, 3.05) is 0 Å². The molecule has 0 aliphatic heterocycles. The van der Waals surface area contributed by atoms with Crippen LogP contribution < -0.4 is 0 Å². The van der Waals surface area contributed by atoms with E-state index in [0.29, 0.717) is 11.0 Å². The number of rotatable bonds is 1. The molecule has 0 aliphatic rings. The van der Waals surface area contributed by atoms with E-state index in [-0.39, 0.29) is 5.69 Å². The van der Waals surface area contributed by atoms with Gasteiger partial charge in [-0.1, -0.05) is 0 Å². The van der Waals surface area contributed by atoms with Crippen LogP contribution in [0.3, 0.4) is 0 Å². The summed E-state index contributed by atoms with van der Waals surface area (Å²) in [5.74, 6) is 0. The molecule has 72 valence electrons. The molecule has 14 heavy (non-hydrogen) atoms. The van der Waals surface area contributed by atoms with Crippen molar-refractivity contribution < 1.29 is 8.78 Å². The predicted molar refractivity (Wildman–Crippen MR) is 49.2 cm³/mol. The van der Waals surface area contributed by atoms with Gasteiger partial charge in [0.2, 0.25) is 0 Å². The summed E-state index contributed by atoms with van der Waals surface area (Å²) in [6.45, 7) is 1.75. The second-order valence-electron chi connectivity index (χ2n) is 3.04. The van der Waals surface area contributed by atoms with Gasteiger partial charge in [-0.15, -0.1) is 0 Å². The smallest absolute Gasteiger partial charge is 0.254 e. The average Bonchev–Trinajstić information content (AvgIpc) is 2.17. The normalized spacial score (nSPS) is 11.1. The lowest BCUT2D eigenvalue weighted by atomic mass is 10.2. The van der Waals surface area contributed by atoms with E-state index in [1.54, 1.807) is 25.3 Å². The number of aryl methyl sites for hydroxylation is 1. The van der Waals surface area contributed by atoms with Crippen molar-refractivity contribution in [3.05, 3.63) is 35.7 Å². The summed E-state index contributed by atoms with van der Waals surface area (Å²) in [4.78, 5) is 7.90. The van der Waals surface area contributed by atoms with Crippen molar-refractivity contribution in [2.24, 2.45) is 0 Å². The van der Waals surface area contributed by atoms with Crippen molar-refractivity contribution in [3.8, 4) is 0 Å². The van der Waals surface area contributed by atoms with Gasteiger partial charge in [-0.3, -0.25) is 4.98 Å². The van der Waals surface area contributed by atoms with E-state index >= 15 is 0 Å². The standard InChI is InChI=1S/C10H8F2N2/c1-6-5-8(10(11)12)14-7-3-2-4-13-9(6)7/h2-5,10H,1H3. The summed E-state index contributed by atoms with van der Waals surface area (Å²) >= 11 is 0. The second-order valence-corrected chi connectivity index (χ2v) is 3.04. The highest BCUT2D eigenvalue weighted by Crippen LogP contribution is 2.21. The first-order chi connectivity index (χ1) is 6.68. The number of hydrogen-bond donors (Lipinski definition) is 0. The molecule has 2 aromatic rings. The molecule has 0 N–H and O–H groups in total. The van der Waals surface area contributed by atoms with Crippen LogP contribution in [-0.4, -0.2) is 9.97 Å². The van der Waals surface area contributed by atoms with Crippen molar-refractivity contribution >= 4 is 11.0 Å². The van der Waals surface area contributed by atoms with Gasteiger partial charge in [0, 0.05) is 6.20 Å². The van der Waals surface area contributed by atoms with Gasteiger partial charge in [0.25, 0.3) is 6.43 Å². The van der Waals surface area contributed by atoms with Crippen LogP contribution in [0.25, 0.3) is 11.0 Å². The first kappa shape index (κ1) is 8.99. The molecule has 0 unspecified atom stereocenters. The van der Waals surface area contributed by atoms with Gasteiger partial charge in [-0.2, -0.15) is 0 Å². The molecule has 0 aliphatic carbocycles. The van der Waals surface area contributed by atoms with Crippen LogP contribution in [0.4, 0.5) is 8.78 Å². The van der Waals surface area contributed by atoms with Crippen LogP contribution in [-0.2, 0) is 0 Å². The van der Waals surface area contributed by atoms with E-state index in [0.717, 1.165) is 5.56 Å². The third-order valence-electron chi connectivity index (χ3n) is 2.00. The lowest BCUT2D eigenvalue weighted by molar-refractivity contribution is 0.146. The van der Waals surface area contributed by atoms with E-state index in [1.807, 2.05) is 0 Å². The maximum atomic E-state index is 12.4. The predicted octanol–water partition coefficient (Wildman–Crippen LogP) is 2.88. The summed E-state index contributed by atoms with van der Waals surface area (Å²) in [6.07, 6.45) is -0.905. The molecule has 0 saturated heterocycles. The van der Waals surface area contributed by atoms with E-state index in [9.17, 15) is 8.78 Å². The molecular formula is C10H8F2N2. The third kappa shape index (κ3) is 1.43.